The Morgan fingerprint density at radius 1 is 1.33 bits per heavy atom. The summed E-state index contributed by atoms with van der Waals surface area (Å²) in [7, 11) is 1.88. The molecule has 0 aliphatic carbocycles. The Morgan fingerprint density at radius 2 is 2.19 bits per heavy atom. The molecule has 27 heavy (non-hydrogen) atoms. The molecule has 1 amide bonds. The number of hydrogen-bond donors (Lipinski definition) is 1. The first-order valence-electron chi connectivity index (χ1n) is 8.77. The summed E-state index contributed by atoms with van der Waals surface area (Å²) in [6.45, 7) is 2.08. The summed E-state index contributed by atoms with van der Waals surface area (Å²) in [5.41, 5.74) is 3.56. The van der Waals surface area contributed by atoms with Crippen LogP contribution in [0.25, 0.3) is 11.3 Å². The highest BCUT2D eigenvalue weighted by molar-refractivity contribution is 7.10. The lowest BCUT2D eigenvalue weighted by Gasteiger charge is -2.32. The molecule has 3 heterocycles. The van der Waals surface area contributed by atoms with E-state index in [1.54, 1.807) is 11.3 Å². The average molecular weight is 377 g/mol. The maximum Gasteiger partial charge on any atom is 0.250 e. The largest absolute Gasteiger partial charge is 0.355 e. The van der Waals surface area contributed by atoms with Gasteiger partial charge in [0.2, 0.25) is 5.91 Å². The number of rotatable bonds is 3. The Hall–Kier alpha value is -2.88. The van der Waals surface area contributed by atoms with E-state index in [1.165, 1.54) is 0 Å². The minimum atomic E-state index is -0.679. The quantitative estimate of drug-likeness (QED) is 0.742. The summed E-state index contributed by atoms with van der Waals surface area (Å²) < 4.78 is 8.08. The molecule has 1 aliphatic rings. The maximum atomic E-state index is 12.2. The second kappa shape index (κ2) is 6.69. The Labute approximate surface area is 161 Å². The number of carbonyl (C=O) groups is 1. The maximum absolute atomic E-state index is 12.2. The van der Waals surface area contributed by atoms with E-state index in [9.17, 15) is 10.1 Å². The normalized spacial score (nSPS) is 19.1. The third-order valence-electron chi connectivity index (χ3n) is 5.13. The lowest BCUT2D eigenvalue weighted by molar-refractivity contribution is -0.125. The second-order valence-electron chi connectivity index (χ2n) is 6.53. The molecule has 1 aromatic carbocycles. The van der Waals surface area contributed by atoms with Crippen LogP contribution in [0.3, 0.4) is 0 Å². The van der Waals surface area contributed by atoms with E-state index in [2.05, 4.69) is 30.4 Å². The topological polar surface area (TPSA) is 67.0 Å². The Morgan fingerprint density at radius 3 is 2.85 bits per heavy atom. The molecule has 1 atom stereocenters. The summed E-state index contributed by atoms with van der Waals surface area (Å²) >= 11 is 1.63. The van der Waals surface area contributed by atoms with Crippen LogP contribution in [0.15, 0.2) is 47.8 Å². The first-order valence-corrected chi connectivity index (χ1v) is 9.65. The fourth-order valence-electron chi connectivity index (χ4n) is 3.69. The van der Waals surface area contributed by atoms with Gasteiger partial charge in [-0.3, -0.25) is 4.79 Å². The van der Waals surface area contributed by atoms with Crippen LogP contribution >= 0.6 is 11.3 Å². The number of fused-ring (bicyclic) bond motifs is 1. The number of aromatic nitrogens is 1. The number of nitrogens with zero attached hydrogens (tertiary/aromatic N) is 2. The molecule has 1 aliphatic heterocycles. The molecule has 1 N–H and O–H groups in total. The van der Waals surface area contributed by atoms with Gasteiger partial charge in [-0.2, -0.15) is 5.26 Å². The van der Waals surface area contributed by atoms with Crippen LogP contribution in [0.2, 0.25) is 0 Å². The number of nitrogens with one attached hydrogen (secondary N) is 1. The van der Waals surface area contributed by atoms with E-state index in [-0.39, 0.29) is 12.5 Å². The van der Waals surface area contributed by atoms with Gasteiger partial charge in [-0.15, -0.1) is 11.3 Å². The van der Waals surface area contributed by atoms with E-state index < -0.39 is 5.60 Å². The first-order chi connectivity index (χ1) is 13.1. The predicted octanol–water partition coefficient (Wildman–Crippen LogP) is 4.25. The zero-order valence-electron chi connectivity index (χ0n) is 15.2. The van der Waals surface area contributed by atoms with Crippen molar-refractivity contribution in [2.75, 3.05) is 11.9 Å². The van der Waals surface area contributed by atoms with Crippen molar-refractivity contribution >= 4 is 22.9 Å². The number of hydrogen-bond acceptors (Lipinski definition) is 4. The molecule has 0 radical (unpaired) electrons. The highest BCUT2D eigenvalue weighted by atomic mass is 32.1. The first kappa shape index (κ1) is 17.5. The number of nitriles is 1. The molecule has 0 bridgehead atoms. The summed E-state index contributed by atoms with van der Waals surface area (Å²) in [5.74, 6) is -0.151. The van der Waals surface area contributed by atoms with Gasteiger partial charge in [0.15, 0.2) is 0 Å². The van der Waals surface area contributed by atoms with Gasteiger partial charge in [-0.05, 0) is 47.7 Å². The molecule has 0 saturated carbocycles. The van der Waals surface area contributed by atoms with Gasteiger partial charge in [0.05, 0.1) is 0 Å². The summed E-state index contributed by atoms with van der Waals surface area (Å²) in [6.07, 6.45) is 0.704. The van der Waals surface area contributed by atoms with E-state index in [0.717, 1.165) is 27.4 Å². The fourth-order valence-corrected chi connectivity index (χ4v) is 4.66. The van der Waals surface area contributed by atoms with Crippen molar-refractivity contribution < 1.29 is 9.53 Å². The minimum absolute atomic E-state index is 0.0124. The minimum Gasteiger partial charge on any atom is -0.355 e. The van der Waals surface area contributed by atoms with Gasteiger partial charge in [-0.25, -0.2) is 0 Å². The lowest BCUT2D eigenvalue weighted by atomic mass is 9.86. The highest BCUT2D eigenvalue weighted by Gasteiger charge is 2.39. The van der Waals surface area contributed by atoms with Crippen LogP contribution in [0, 0.1) is 11.3 Å². The van der Waals surface area contributed by atoms with E-state index in [1.807, 2.05) is 47.3 Å². The van der Waals surface area contributed by atoms with Crippen LogP contribution in [0.5, 0.6) is 0 Å². The average Bonchev–Trinajstić information content (AvgIpc) is 3.31. The molecule has 0 spiro atoms. The van der Waals surface area contributed by atoms with E-state index in [0.29, 0.717) is 12.1 Å². The second-order valence-corrected chi connectivity index (χ2v) is 7.48. The number of amides is 1. The number of thiophene rings is 1. The third-order valence-corrected chi connectivity index (χ3v) is 6.14. The van der Waals surface area contributed by atoms with Gasteiger partial charge in [0.25, 0.3) is 0 Å². The molecule has 6 heteroatoms. The Balaban J connectivity index is 1.94. The molecule has 1 unspecified atom stereocenters. The summed E-state index contributed by atoms with van der Waals surface area (Å²) in [4.78, 5) is 13.3. The SMILES string of the molecule is CCC1(c2cccs2)OCC(=O)Nc2ccc(-c3ccc(C#N)n3C)cc21. The molecule has 5 nitrogen and oxygen atoms in total. The van der Waals surface area contributed by atoms with Gasteiger partial charge in [0.1, 0.15) is 24.0 Å². The van der Waals surface area contributed by atoms with Crippen molar-refractivity contribution in [1.29, 1.82) is 5.26 Å². The molecule has 2 aromatic heterocycles. The standard InChI is InChI=1S/C21H19N3O2S/c1-3-21(19-5-4-10-27-19)16-11-14(18-9-7-15(12-22)24(18)2)6-8-17(16)23-20(25)13-26-21/h4-11H,3,13H2,1-2H3,(H,23,25). The van der Waals surface area contributed by atoms with Gasteiger partial charge >= 0.3 is 0 Å². The zero-order valence-corrected chi connectivity index (χ0v) is 16.0. The summed E-state index contributed by atoms with van der Waals surface area (Å²) in [5, 5.41) is 14.2. The molecular formula is C21H19N3O2S. The van der Waals surface area contributed by atoms with Crippen LogP contribution < -0.4 is 5.32 Å². The highest BCUT2D eigenvalue weighted by Crippen LogP contribution is 2.45. The number of anilines is 1. The third kappa shape index (κ3) is 2.76. The molecule has 3 aromatic rings. The van der Waals surface area contributed by atoms with Crippen LogP contribution in [0.1, 0.15) is 29.5 Å². The van der Waals surface area contributed by atoms with Crippen LogP contribution in [-0.2, 0) is 22.2 Å². The Bertz CT molecular complexity index is 1050. The van der Waals surface area contributed by atoms with Crippen LogP contribution in [0.4, 0.5) is 5.69 Å². The van der Waals surface area contributed by atoms with Crippen molar-refractivity contribution in [3.63, 3.8) is 0 Å². The van der Waals surface area contributed by atoms with Gasteiger partial charge < -0.3 is 14.6 Å². The molecule has 136 valence electrons. The summed E-state index contributed by atoms with van der Waals surface area (Å²) in [6, 6.07) is 16.0. The Kier molecular flexibility index (Phi) is 4.34. The van der Waals surface area contributed by atoms with E-state index >= 15 is 0 Å². The van der Waals surface area contributed by atoms with Gasteiger partial charge in [-0.1, -0.05) is 19.1 Å². The molecular weight excluding hydrogens is 358 g/mol. The van der Waals surface area contributed by atoms with E-state index in [4.69, 9.17) is 4.74 Å². The van der Waals surface area contributed by atoms with Crippen molar-refractivity contribution in [2.45, 2.75) is 18.9 Å². The smallest absolute Gasteiger partial charge is 0.250 e. The number of carbonyl (C=O) groups excluding carboxylic acids is 1. The molecule has 0 saturated heterocycles. The van der Waals surface area contributed by atoms with Crippen molar-refractivity contribution in [1.82, 2.24) is 4.57 Å². The van der Waals surface area contributed by atoms with Gasteiger partial charge in [0, 0.05) is 28.9 Å². The molecule has 0 fully saturated rings. The fraction of sp³-hybridized carbons (Fsp3) is 0.238. The van der Waals surface area contributed by atoms with Crippen molar-refractivity contribution in [3.05, 3.63) is 64.0 Å². The van der Waals surface area contributed by atoms with Crippen molar-refractivity contribution in [3.8, 4) is 17.3 Å². The predicted molar refractivity (Wildman–Crippen MR) is 106 cm³/mol. The number of ether oxygens (including phenoxy) is 1. The zero-order chi connectivity index (χ0) is 19.0. The van der Waals surface area contributed by atoms with Crippen LogP contribution in [-0.4, -0.2) is 17.1 Å². The monoisotopic (exact) mass is 377 g/mol. The molecule has 4 rings (SSSR count). The van der Waals surface area contributed by atoms with Crippen molar-refractivity contribution in [2.24, 2.45) is 7.05 Å². The lowest BCUT2D eigenvalue weighted by Crippen LogP contribution is -2.30. The number of benzene rings is 1.